The summed E-state index contributed by atoms with van der Waals surface area (Å²) in [6, 6.07) is 30.4. The first-order chi connectivity index (χ1) is 17.8. The van der Waals surface area contributed by atoms with Gasteiger partial charge in [-0.1, -0.05) is 133 Å². The highest BCUT2D eigenvalue weighted by Crippen LogP contribution is 2.39. The third kappa shape index (κ3) is 6.66. The van der Waals surface area contributed by atoms with E-state index in [1.54, 1.807) is 0 Å². The number of hydrogen-bond acceptors (Lipinski definition) is 2. The van der Waals surface area contributed by atoms with Gasteiger partial charge in [0.05, 0.1) is 6.61 Å². The van der Waals surface area contributed by atoms with E-state index >= 15 is 0 Å². The van der Waals surface area contributed by atoms with E-state index in [4.69, 9.17) is 8.85 Å². The molecule has 0 bridgehead atoms. The van der Waals surface area contributed by atoms with Crippen molar-refractivity contribution < 1.29 is 8.85 Å². The van der Waals surface area contributed by atoms with Crippen molar-refractivity contribution in [2.45, 2.75) is 83.7 Å². The fourth-order valence-corrected chi connectivity index (χ4v) is 10.5. The topological polar surface area (TPSA) is 18.5 Å². The fraction of sp³-hybridized carbons (Fsp3) is 0.412. The maximum atomic E-state index is 7.19. The van der Waals surface area contributed by atoms with Gasteiger partial charge in [-0.25, -0.2) is 0 Å². The summed E-state index contributed by atoms with van der Waals surface area (Å²) in [5.41, 5.74) is 2.56. The standard InChI is InChI=1S/C34H48O2Si2/c1-10-28(32-24-18-17-19-29(32)27-36-37(8,9)33(2,3)4)25-26-35-38(34(5,6)7,30-20-13-11-14-21-30)31-22-15-12-16-23-31/h10-24,28H,1,25-27H2,2-9H3. The SMILES string of the molecule is C=CC(CCO[Si](c1ccccc1)(c1ccccc1)C(C)(C)C)c1ccccc1CO[Si](C)(C)C(C)(C)C. The first-order valence-electron chi connectivity index (χ1n) is 13.9. The molecule has 2 nitrogen and oxygen atoms in total. The van der Waals surface area contributed by atoms with Crippen LogP contribution in [0.25, 0.3) is 0 Å². The zero-order valence-electron chi connectivity index (χ0n) is 24.9. The van der Waals surface area contributed by atoms with Crippen molar-refractivity contribution >= 4 is 27.0 Å². The van der Waals surface area contributed by atoms with Crippen LogP contribution < -0.4 is 10.4 Å². The highest BCUT2D eigenvalue weighted by molar-refractivity contribution is 6.99. The molecule has 0 heterocycles. The molecule has 0 amide bonds. The summed E-state index contributed by atoms with van der Waals surface area (Å²) in [5, 5.41) is 2.78. The Kier molecular flexibility index (Phi) is 9.80. The van der Waals surface area contributed by atoms with Crippen LogP contribution in [0.3, 0.4) is 0 Å². The quantitative estimate of drug-likeness (QED) is 0.178. The summed E-state index contributed by atoms with van der Waals surface area (Å²) in [7, 11) is -4.40. The van der Waals surface area contributed by atoms with Crippen molar-refractivity contribution in [2.24, 2.45) is 0 Å². The first-order valence-corrected chi connectivity index (χ1v) is 18.7. The molecule has 0 saturated carbocycles. The zero-order valence-corrected chi connectivity index (χ0v) is 26.9. The summed E-state index contributed by atoms with van der Waals surface area (Å²) < 4.78 is 13.8. The molecule has 0 radical (unpaired) electrons. The molecule has 3 rings (SSSR count). The van der Waals surface area contributed by atoms with E-state index in [0.717, 1.165) is 6.42 Å². The number of allylic oxidation sites excluding steroid dienone is 1. The number of rotatable bonds is 11. The summed E-state index contributed by atoms with van der Waals surface area (Å²) in [6.45, 7) is 24.0. The van der Waals surface area contributed by atoms with Crippen LogP contribution in [-0.2, 0) is 15.5 Å². The maximum Gasteiger partial charge on any atom is 0.261 e. The smallest absolute Gasteiger partial charge is 0.261 e. The Morgan fingerprint density at radius 3 is 1.68 bits per heavy atom. The van der Waals surface area contributed by atoms with Crippen molar-refractivity contribution in [3.63, 3.8) is 0 Å². The molecular formula is C34H48O2Si2. The molecule has 0 N–H and O–H groups in total. The van der Waals surface area contributed by atoms with E-state index in [-0.39, 0.29) is 16.0 Å². The van der Waals surface area contributed by atoms with Crippen molar-refractivity contribution in [3.8, 4) is 0 Å². The predicted octanol–water partition coefficient (Wildman–Crippen LogP) is 8.44. The molecule has 0 spiro atoms. The highest BCUT2D eigenvalue weighted by Gasteiger charge is 2.50. The molecule has 204 valence electrons. The molecule has 0 aliphatic heterocycles. The molecule has 0 fully saturated rings. The van der Waals surface area contributed by atoms with Gasteiger partial charge in [0.2, 0.25) is 0 Å². The molecule has 4 heteroatoms. The molecule has 0 saturated heterocycles. The monoisotopic (exact) mass is 544 g/mol. The second-order valence-corrected chi connectivity index (χ2v) is 22.0. The Labute approximate surface area is 234 Å². The summed E-state index contributed by atoms with van der Waals surface area (Å²) >= 11 is 0. The van der Waals surface area contributed by atoms with E-state index in [9.17, 15) is 0 Å². The predicted molar refractivity (Wildman–Crippen MR) is 170 cm³/mol. The molecule has 0 aromatic heterocycles. The van der Waals surface area contributed by atoms with E-state index in [1.807, 2.05) is 0 Å². The Hall–Kier alpha value is -2.25. The fourth-order valence-electron chi connectivity index (χ4n) is 5.00. The van der Waals surface area contributed by atoms with Crippen LogP contribution in [0.2, 0.25) is 23.2 Å². The van der Waals surface area contributed by atoms with Gasteiger partial charge in [0, 0.05) is 12.5 Å². The van der Waals surface area contributed by atoms with E-state index in [2.05, 4.69) is 152 Å². The van der Waals surface area contributed by atoms with Crippen LogP contribution in [0.5, 0.6) is 0 Å². The zero-order chi connectivity index (χ0) is 28.0. The van der Waals surface area contributed by atoms with Crippen molar-refractivity contribution in [2.75, 3.05) is 6.61 Å². The van der Waals surface area contributed by atoms with Gasteiger partial charge in [-0.2, -0.15) is 0 Å². The third-order valence-electron chi connectivity index (χ3n) is 8.30. The lowest BCUT2D eigenvalue weighted by atomic mass is 9.92. The van der Waals surface area contributed by atoms with Crippen molar-refractivity contribution in [1.29, 1.82) is 0 Å². The molecule has 1 unspecified atom stereocenters. The summed E-state index contributed by atoms with van der Waals surface area (Å²) in [6.07, 6.45) is 2.96. The minimum atomic E-state index is -2.56. The number of hydrogen-bond donors (Lipinski definition) is 0. The second-order valence-electron chi connectivity index (χ2n) is 12.9. The minimum Gasteiger partial charge on any atom is -0.413 e. The van der Waals surface area contributed by atoms with E-state index in [0.29, 0.717) is 13.2 Å². The molecule has 38 heavy (non-hydrogen) atoms. The normalized spacial score (nSPS) is 13.8. The van der Waals surface area contributed by atoms with Crippen LogP contribution in [0.1, 0.15) is 65.0 Å². The Balaban J connectivity index is 1.88. The van der Waals surface area contributed by atoms with Crippen LogP contribution in [-0.4, -0.2) is 23.2 Å². The molecular weight excluding hydrogens is 497 g/mol. The van der Waals surface area contributed by atoms with Gasteiger partial charge in [0.15, 0.2) is 8.32 Å². The van der Waals surface area contributed by atoms with Crippen molar-refractivity contribution in [3.05, 3.63) is 109 Å². The number of benzene rings is 3. The highest BCUT2D eigenvalue weighted by atomic mass is 28.4. The van der Waals surface area contributed by atoms with Crippen LogP contribution in [0.15, 0.2) is 97.6 Å². The van der Waals surface area contributed by atoms with Gasteiger partial charge < -0.3 is 8.85 Å². The summed E-state index contributed by atoms with van der Waals surface area (Å²) in [5.74, 6) is 0.201. The average Bonchev–Trinajstić information content (AvgIpc) is 2.88. The van der Waals surface area contributed by atoms with Gasteiger partial charge in [-0.3, -0.25) is 0 Å². The lowest BCUT2D eigenvalue weighted by molar-refractivity contribution is 0.272. The Bertz CT molecular complexity index is 1120. The molecule has 1 atom stereocenters. The summed E-state index contributed by atoms with van der Waals surface area (Å²) in [4.78, 5) is 0. The van der Waals surface area contributed by atoms with E-state index < -0.39 is 16.6 Å². The van der Waals surface area contributed by atoms with Gasteiger partial charge >= 0.3 is 0 Å². The average molecular weight is 545 g/mol. The van der Waals surface area contributed by atoms with Crippen LogP contribution in [0.4, 0.5) is 0 Å². The Morgan fingerprint density at radius 1 is 0.711 bits per heavy atom. The maximum absolute atomic E-state index is 7.19. The second kappa shape index (κ2) is 12.3. The molecule has 0 aliphatic rings. The minimum absolute atomic E-state index is 0.0334. The lowest BCUT2D eigenvalue weighted by Gasteiger charge is -2.43. The largest absolute Gasteiger partial charge is 0.413 e. The lowest BCUT2D eigenvalue weighted by Crippen LogP contribution is -2.66. The van der Waals surface area contributed by atoms with Gasteiger partial charge in [-0.05, 0) is 51.1 Å². The first kappa shape index (κ1) is 30.3. The van der Waals surface area contributed by atoms with Gasteiger partial charge in [0.25, 0.3) is 8.32 Å². The van der Waals surface area contributed by atoms with Crippen molar-refractivity contribution in [1.82, 2.24) is 0 Å². The van der Waals surface area contributed by atoms with E-state index in [1.165, 1.54) is 21.5 Å². The molecule has 3 aromatic rings. The molecule has 3 aromatic carbocycles. The van der Waals surface area contributed by atoms with Gasteiger partial charge in [0.1, 0.15) is 0 Å². The third-order valence-corrected chi connectivity index (χ3v) is 17.8. The van der Waals surface area contributed by atoms with Gasteiger partial charge in [-0.15, -0.1) is 6.58 Å². The Morgan fingerprint density at radius 2 is 1.21 bits per heavy atom. The van der Waals surface area contributed by atoms with Crippen LogP contribution in [0, 0.1) is 0 Å². The molecule has 0 aliphatic carbocycles. The van der Waals surface area contributed by atoms with Crippen LogP contribution >= 0.6 is 0 Å².